The number of aromatic nitrogens is 2. The zero-order valence-electron chi connectivity index (χ0n) is 7.83. The molecule has 15 heavy (non-hydrogen) atoms. The second kappa shape index (κ2) is 3.56. The van der Waals surface area contributed by atoms with Gasteiger partial charge in [-0.25, -0.2) is 4.98 Å². The zero-order chi connectivity index (χ0) is 10.9. The molecule has 0 bridgehead atoms. The fourth-order valence-electron chi connectivity index (χ4n) is 1.44. The van der Waals surface area contributed by atoms with Crippen molar-refractivity contribution in [2.45, 2.75) is 19.1 Å². The summed E-state index contributed by atoms with van der Waals surface area (Å²) in [6, 6.07) is 7.13. The summed E-state index contributed by atoms with van der Waals surface area (Å²) in [6.07, 6.45) is -3.50. The van der Waals surface area contributed by atoms with Crippen LogP contribution < -0.4 is 0 Å². The predicted octanol–water partition coefficient (Wildman–Crippen LogP) is 2.99. The van der Waals surface area contributed by atoms with Crippen LogP contribution in [0.15, 0.2) is 30.6 Å². The molecule has 2 nitrogen and oxygen atoms in total. The van der Waals surface area contributed by atoms with Crippen LogP contribution in [0, 0.1) is 0 Å². The molecule has 0 N–H and O–H groups in total. The molecule has 0 aliphatic carbocycles. The smallest absolute Gasteiger partial charge is 0.330 e. The van der Waals surface area contributed by atoms with Crippen molar-refractivity contribution >= 4 is 11.0 Å². The summed E-state index contributed by atoms with van der Waals surface area (Å²) in [6.45, 7) is -0.0794. The number of fused-ring (bicyclic) bond motifs is 1. The van der Waals surface area contributed by atoms with E-state index in [0.29, 0.717) is 0 Å². The number of rotatable bonds is 2. The van der Waals surface area contributed by atoms with E-state index in [1.807, 2.05) is 6.07 Å². The normalized spacial score (nSPS) is 12.2. The first kappa shape index (κ1) is 10.0. The molecule has 1 aromatic heterocycles. The van der Waals surface area contributed by atoms with E-state index in [2.05, 4.69) is 4.98 Å². The van der Waals surface area contributed by atoms with Crippen LogP contribution in [-0.2, 0) is 6.54 Å². The van der Waals surface area contributed by atoms with Gasteiger partial charge in [0.2, 0.25) is 0 Å². The monoisotopic (exact) mass is 214 g/mol. The standard InChI is InChI=1S/C10H9F3N2/c11-10(12,13)5-6-15-7-14-8-3-1-2-4-9(8)15/h1-4,7H,5-6H2. The summed E-state index contributed by atoms with van der Waals surface area (Å²) >= 11 is 0. The lowest BCUT2D eigenvalue weighted by atomic mass is 10.3. The maximum Gasteiger partial charge on any atom is 0.390 e. The van der Waals surface area contributed by atoms with E-state index < -0.39 is 12.6 Å². The van der Waals surface area contributed by atoms with Crippen LogP contribution in [0.1, 0.15) is 6.42 Å². The lowest BCUT2D eigenvalue weighted by Gasteiger charge is -2.07. The number of hydrogen-bond donors (Lipinski definition) is 0. The molecule has 5 heteroatoms. The highest BCUT2D eigenvalue weighted by atomic mass is 19.4. The van der Waals surface area contributed by atoms with E-state index >= 15 is 0 Å². The van der Waals surface area contributed by atoms with E-state index in [-0.39, 0.29) is 6.54 Å². The predicted molar refractivity (Wildman–Crippen MR) is 50.4 cm³/mol. The number of imidazole rings is 1. The van der Waals surface area contributed by atoms with Gasteiger partial charge in [0.05, 0.1) is 23.8 Å². The average molecular weight is 214 g/mol. The Morgan fingerprint density at radius 2 is 1.93 bits per heavy atom. The molecule has 0 fully saturated rings. The van der Waals surface area contributed by atoms with Crippen molar-refractivity contribution in [3.63, 3.8) is 0 Å². The fourth-order valence-corrected chi connectivity index (χ4v) is 1.44. The van der Waals surface area contributed by atoms with Crippen LogP contribution in [0.5, 0.6) is 0 Å². The highest BCUT2D eigenvalue weighted by Gasteiger charge is 2.26. The first-order valence-electron chi connectivity index (χ1n) is 4.53. The van der Waals surface area contributed by atoms with Gasteiger partial charge in [-0.3, -0.25) is 0 Å². The van der Waals surface area contributed by atoms with Crippen molar-refractivity contribution in [1.29, 1.82) is 0 Å². The Kier molecular flexibility index (Phi) is 2.38. The highest BCUT2D eigenvalue weighted by molar-refractivity contribution is 5.74. The largest absolute Gasteiger partial charge is 0.390 e. The Morgan fingerprint density at radius 3 is 2.67 bits per heavy atom. The molecule has 2 aromatic rings. The van der Waals surface area contributed by atoms with Gasteiger partial charge in [0.15, 0.2) is 0 Å². The minimum atomic E-state index is -4.12. The van der Waals surface area contributed by atoms with E-state index in [1.54, 1.807) is 18.2 Å². The lowest BCUT2D eigenvalue weighted by Crippen LogP contribution is -2.11. The Balaban J connectivity index is 2.22. The summed E-state index contributed by atoms with van der Waals surface area (Å²) in [7, 11) is 0. The quantitative estimate of drug-likeness (QED) is 0.751. The van der Waals surface area contributed by atoms with Crippen molar-refractivity contribution in [1.82, 2.24) is 9.55 Å². The molecule has 0 radical (unpaired) electrons. The summed E-state index contributed by atoms with van der Waals surface area (Å²) < 4.78 is 37.6. The van der Waals surface area contributed by atoms with Gasteiger partial charge in [-0.15, -0.1) is 0 Å². The number of hydrogen-bond acceptors (Lipinski definition) is 1. The number of alkyl halides is 3. The van der Waals surface area contributed by atoms with Crippen LogP contribution in [0.2, 0.25) is 0 Å². The average Bonchev–Trinajstić information content (AvgIpc) is 2.57. The number of benzene rings is 1. The van der Waals surface area contributed by atoms with Gasteiger partial charge in [-0.05, 0) is 12.1 Å². The first-order valence-corrected chi connectivity index (χ1v) is 4.53. The lowest BCUT2D eigenvalue weighted by molar-refractivity contribution is -0.136. The van der Waals surface area contributed by atoms with Gasteiger partial charge in [-0.2, -0.15) is 13.2 Å². The maximum absolute atomic E-state index is 12.0. The van der Waals surface area contributed by atoms with E-state index in [0.717, 1.165) is 11.0 Å². The SMILES string of the molecule is FC(F)(F)CCn1cnc2ccccc21. The zero-order valence-corrected chi connectivity index (χ0v) is 7.83. The molecular weight excluding hydrogens is 205 g/mol. The summed E-state index contributed by atoms with van der Waals surface area (Å²) in [4.78, 5) is 4.01. The van der Waals surface area contributed by atoms with Crippen molar-refractivity contribution < 1.29 is 13.2 Å². The van der Waals surface area contributed by atoms with Gasteiger partial charge in [0, 0.05) is 6.54 Å². The summed E-state index contributed by atoms with van der Waals surface area (Å²) in [5.74, 6) is 0. The van der Waals surface area contributed by atoms with Gasteiger partial charge in [-0.1, -0.05) is 12.1 Å². The first-order chi connectivity index (χ1) is 7.06. The minimum absolute atomic E-state index is 0.0794. The number of halogens is 3. The molecule has 0 atom stereocenters. The Bertz CT molecular complexity index is 459. The Morgan fingerprint density at radius 1 is 1.20 bits per heavy atom. The third-order valence-electron chi connectivity index (χ3n) is 2.16. The van der Waals surface area contributed by atoms with Crippen molar-refractivity contribution in [3.05, 3.63) is 30.6 Å². The number of nitrogens with zero attached hydrogens (tertiary/aromatic N) is 2. The molecule has 1 heterocycles. The molecule has 0 saturated heterocycles. The molecule has 0 amide bonds. The van der Waals surface area contributed by atoms with Gasteiger partial charge >= 0.3 is 6.18 Å². The van der Waals surface area contributed by atoms with Gasteiger partial charge in [0.25, 0.3) is 0 Å². The van der Waals surface area contributed by atoms with Crippen molar-refractivity contribution in [2.75, 3.05) is 0 Å². The van der Waals surface area contributed by atoms with Gasteiger partial charge < -0.3 is 4.57 Å². The fraction of sp³-hybridized carbons (Fsp3) is 0.300. The Hall–Kier alpha value is -1.52. The van der Waals surface area contributed by atoms with Crippen LogP contribution in [0.25, 0.3) is 11.0 Å². The molecule has 0 aliphatic heterocycles. The number of para-hydroxylation sites is 2. The Labute approximate surface area is 84.3 Å². The van der Waals surface area contributed by atoms with Crippen molar-refractivity contribution in [3.8, 4) is 0 Å². The summed E-state index contributed by atoms with van der Waals surface area (Å²) in [5, 5.41) is 0. The second-order valence-electron chi connectivity index (χ2n) is 3.29. The van der Waals surface area contributed by atoms with Gasteiger partial charge in [0.1, 0.15) is 0 Å². The third-order valence-corrected chi connectivity index (χ3v) is 2.16. The maximum atomic E-state index is 12.0. The van der Waals surface area contributed by atoms with Crippen LogP contribution in [0.3, 0.4) is 0 Å². The van der Waals surface area contributed by atoms with Crippen LogP contribution in [-0.4, -0.2) is 15.7 Å². The molecule has 0 unspecified atom stereocenters. The van der Waals surface area contributed by atoms with Crippen LogP contribution in [0.4, 0.5) is 13.2 Å². The molecule has 0 aliphatic rings. The molecule has 0 saturated carbocycles. The number of aryl methyl sites for hydroxylation is 1. The highest BCUT2D eigenvalue weighted by Crippen LogP contribution is 2.21. The van der Waals surface area contributed by atoms with Crippen molar-refractivity contribution in [2.24, 2.45) is 0 Å². The third kappa shape index (κ3) is 2.29. The molecule has 0 spiro atoms. The van der Waals surface area contributed by atoms with E-state index in [9.17, 15) is 13.2 Å². The molecule has 80 valence electrons. The minimum Gasteiger partial charge on any atom is -0.330 e. The summed E-state index contributed by atoms with van der Waals surface area (Å²) in [5.41, 5.74) is 1.46. The van der Waals surface area contributed by atoms with Crippen LogP contribution >= 0.6 is 0 Å². The molecule has 1 aromatic carbocycles. The molecule has 2 rings (SSSR count). The second-order valence-corrected chi connectivity index (χ2v) is 3.29. The van der Waals surface area contributed by atoms with E-state index in [4.69, 9.17) is 0 Å². The topological polar surface area (TPSA) is 17.8 Å². The molecular formula is C10H9F3N2. The van der Waals surface area contributed by atoms with E-state index in [1.165, 1.54) is 10.9 Å².